The highest BCUT2D eigenvalue weighted by Crippen LogP contribution is 2.32. The van der Waals surface area contributed by atoms with Crippen LogP contribution < -0.4 is 9.47 Å². The Balaban J connectivity index is 1.80. The SMILES string of the molecule is COc1cc(/C=C(/Sc2n[nH]c(C)n2)C(=O)O)ccc1OCc1ccccc1Cl. The lowest BCUT2D eigenvalue weighted by Gasteiger charge is -2.12. The molecule has 0 bridgehead atoms. The molecular weight excluding hydrogens is 414 g/mol. The van der Waals surface area contributed by atoms with Gasteiger partial charge < -0.3 is 14.6 Å². The number of aromatic amines is 1. The van der Waals surface area contributed by atoms with Crippen LogP contribution in [0.5, 0.6) is 11.5 Å². The molecule has 0 fully saturated rings. The van der Waals surface area contributed by atoms with Crippen molar-refractivity contribution < 1.29 is 19.4 Å². The molecule has 3 aromatic rings. The van der Waals surface area contributed by atoms with Crippen molar-refractivity contribution in [3.63, 3.8) is 0 Å². The molecule has 0 aliphatic rings. The number of aryl methyl sites for hydroxylation is 1. The van der Waals surface area contributed by atoms with Crippen LogP contribution in [0.4, 0.5) is 0 Å². The molecular formula is C20H18ClN3O4S. The van der Waals surface area contributed by atoms with Gasteiger partial charge in [0, 0.05) is 10.6 Å². The summed E-state index contributed by atoms with van der Waals surface area (Å²) >= 11 is 7.12. The standard InChI is InChI=1S/C20H18ClN3O4S/c1-12-22-20(24-23-12)29-18(19(25)26)10-13-7-8-16(17(9-13)27-2)28-11-14-5-3-4-6-15(14)21/h3-10H,11H2,1-2H3,(H,25,26)(H,22,23,24)/b18-10+. The molecule has 0 aliphatic carbocycles. The molecule has 9 heteroatoms. The van der Waals surface area contributed by atoms with E-state index in [4.69, 9.17) is 21.1 Å². The molecule has 1 aromatic heterocycles. The number of ether oxygens (including phenoxy) is 2. The summed E-state index contributed by atoms with van der Waals surface area (Å²) in [5.74, 6) is 0.544. The van der Waals surface area contributed by atoms with Crippen LogP contribution in [0.2, 0.25) is 5.02 Å². The zero-order valence-corrected chi connectivity index (χ0v) is 17.3. The van der Waals surface area contributed by atoms with E-state index in [1.165, 1.54) is 13.2 Å². The Morgan fingerprint density at radius 2 is 2.07 bits per heavy atom. The second kappa shape index (κ2) is 9.49. The number of hydrogen-bond acceptors (Lipinski definition) is 6. The van der Waals surface area contributed by atoms with E-state index in [1.807, 2.05) is 18.2 Å². The summed E-state index contributed by atoms with van der Waals surface area (Å²) in [4.78, 5) is 15.8. The molecule has 0 saturated carbocycles. The van der Waals surface area contributed by atoms with Gasteiger partial charge in [0.2, 0.25) is 5.16 Å². The minimum absolute atomic E-state index is 0.0794. The minimum atomic E-state index is -1.07. The number of benzene rings is 2. The molecule has 0 saturated heterocycles. The molecule has 0 unspecified atom stereocenters. The molecule has 0 radical (unpaired) electrons. The maximum atomic E-state index is 11.6. The lowest BCUT2D eigenvalue weighted by molar-refractivity contribution is -0.131. The van der Waals surface area contributed by atoms with Gasteiger partial charge in [-0.2, -0.15) is 0 Å². The number of carboxylic acids is 1. The lowest BCUT2D eigenvalue weighted by atomic mass is 10.2. The molecule has 0 amide bonds. The van der Waals surface area contributed by atoms with Crippen molar-refractivity contribution in [3.8, 4) is 11.5 Å². The third-order valence-corrected chi connectivity index (χ3v) is 5.06. The van der Waals surface area contributed by atoms with Crippen LogP contribution in [0, 0.1) is 6.92 Å². The Bertz CT molecular complexity index is 1050. The van der Waals surface area contributed by atoms with Crippen molar-refractivity contribution in [2.24, 2.45) is 0 Å². The first-order valence-corrected chi connectivity index (χ1v) is 9.72. The van der Waals surface area contributed by atoms with E-state index in [0.717, 1.165) is 17.3 Å². The molecule has 150 valence electrons. The number of H-pyrrole nitrogens is 1. The van der Waals surface area contributed by atoms with Crippen molar-refractivity contribution in [2.75, 3.05) is 7.11 Å². The number of aliphatic carboxylic acids is 1. The van der Waals surface area contributed by atoms with E-state index in [2.05, 4.69) is 15.2 Å². The van der Waals surface area contributed by atoms with Gasteiger partial charge in [0.25, 0.3) is 0 Å². The number of nitrogens with zero attached hydrogens (tertiary/aromatic N) is 2. The van der Waals surface area contributed by atoms with Crippen LogP contribution in [-0.2, 0) is 11.4 Å². The Morgan fingerprint density at radius 1 is 1.28 bits per heavy atom. The molecule has 2 aromatic carbocycles. The summed E-state index contributed by atoms with van der Waals surface area (Å²) in [6.45, 7) is 2.03. The van der Waals surface area contributed by atoms with E-state index in [1.54, 1.807) is 31.2 Å². The average molecular weight is 432 g/mol. The average Bonchev–Trinajstić information content (AvgIpc) is 3.12. The molecule has 2 N–H and O–H groups in total. The summed E-state index contributed by atoms with van der Waals surface area (Å²) in [5.41, 5.74) is 1.50. The molecule has 0 atom stereocenters. The Labute approximate surface area is 176 Å². The fourth-order valence-corrected chi connectivity index (χ4v) is 3.36. The molecule has 3 rings (SSSR count). The molecule has 7 nitrogen and oxygen atoms in total. The molecule has 0 aliphatic heterocycles. The first kappa shape index (κ1) is 20.8. The molecule has 1 heterocycles. The van der Waals surface area contributed by atoms with Gasteiger partial charge in [-0.3, -0.25) is 5.10 Å². The fourth-order valence-electron chi connectivity index (χ4n) is 2.42. The Kier molecular flexibility index (Phi) is 6.79. The van der Waals surface area contributed by atoms with Crippen molar-refractivity contribution >= 4 is 35.4 Å². The van der Waals surface area contributed by atoms with Crippen molar-refractivity contribution in [1.82, 2.24) is 15.2 Å². The number of hydrogen-bond donors (Lipinski definition) is 2. The molecule has 29 heavy (non-hydrogen) atoms. The van der Waals surface area contributed by atoms with Crippen molar-refractivity contribution in [2.45, 2.75) is 18.7 Å². The Morgan fingerprint density at radius 3 is 2.72 bits per heavy atom. The Hall–Kier alpha value is -2.97. The van der Waals surface area contributed by atoms with E-state index in [9.17, 15) is 9.90 Å². The predicted octanol–water partition coefficient (Wildman–Crippen LogP) is 4.57. The minimum Gasteiger partial charge on any atom is -0.493 e. The van der Waals surface area contributed by atoms with Crippen LogP contribution in [0.15, 0.2) is 52.5 Å². The van der Waals surface area contributed by atoms with Gasteiger partial charge in [0.05, 0.1) is 7.11 Å². The van der Waals surface area contributed by atoms with Crippen LogP contribution in [0.1, 0.15) is 17.0 Å². The quantitative estimate of drug-likeness (QED) is 0.398. The third kappa shape index (κ3) is 5.52. The summed E-state index contributed by atoms with van der Waals surface area (Å²) in [7, 11) is 1.52. The van der Waals surface area contributed by atoms with Crippen molar-refractivity contribution in [1.29, 1.82) is 0 Å². The van der Waals surface area contributed by atoms with Gasteiger partial charge in [0.1, 0.15) is 17.3 Å². The highest BCUT2D eigenvalue weighted by molar-refractivity contribution is 8.04. The van der Waals surface area contributed by atoms with Crippen LogP contribution in [0.3, 0.4) is 0 Å². The monoisotopic (exact) mass is 431 g/mol. The number of methoxy groups -OCH3 is 1. The zero-order valence-electron chi connectivity index (χ0n) is 15.7. The summed E-state index contributed by atoms with van der Waals surface area (Å²) in [6.07, 6.45) is 1.53. The predicted molar refractivity (Wildman–Crippen MR) is 111 cm³/mol. The summed E-state index contributed by atoms with van der Waals surface area (Å²) in [5, 5.41) is 17.1. The highest BCUT2D eigenvalue weighted by Gasteiger charge is 2.14. The number of carbonyl (C=O) groups is 1. The van der Waals surface area contributed by atoms with E-state index < -0.39 is 5.97 Å². The summed E-state index contributed by atoms with van der Waals surface area (Å²) in [6, 6.07) is 12.6. The van der Waals surface area contributed by atoms with Crippen LogP contribution >= 0.6 is 23.4 Å². The normalized spacial score (nSPS) is 11.3. The first-order valence-electron chi connectivity index (χ1n) is 8.52. The number of rotatable bonds is 8. The maximum Gasteiger partial charge on any atom is 0.342 e. The van der Waals surface area contributed by atoms with Crippen molar-refractivity contribution in [3.05, 3.63) is 69.3 Å². The smallest absolute Gasteiger partial charge is 0.342 e. The van der Waals surface area contributed by atoms with Gasteiger partial charge in [-0.05, 0) is 48.5 Å². The highest BCUT2D eigenvalue weighted by atomic mass is 35.5. The van der Waals surface area contributed by atoms with Gasteiger partial charge in [0.15, 0.2) is 11.5 Å². The largest absolute Gasteiger partial charge is 0.493 e. The van der Waals surface area contributed by atoms with E-state index in [0.29, 0.717) is 33.1 Å². The first-order chi connectivity index (χ1) is 14.0. The lowest BCUT2D eigenvalue weighted by Crippen LogP contribution is -1.99. The maximum absolute atomic E-state index is 11.6. The van der Waals surface area contributed by atoms with Gasteiger partial charge in [-0.1, -0.05) is 35.9 Å². The number of aromatic nitrogens is 3. The van der Waals surface area contributed by atoms with Crippen LogP contribution in [0.25, 0.3) is 6.08 Å². The zero-order chi connectivity index (χ0) is 20.8. The fraction of sp³-hybridized carbons (Fsp3) is 0.150. The number of nitrogens with one attached hydrogen (secondary N) is 1. The van der Waals surface area contributed by atoms with E-state index >= 15 is 0 Å². The summed E-state index contributed by atoms with van der Waals surface area (Å²) < 4.78 is 11.2. The third-order valence-electron chi connectivity index (χ3n) is 3.82. The number of halogens is 1. The second-order valence-electron chi connectivity index (χ2n) is 5.91. The van der Waals surface area contributed by atoms with Gasteiger partial charge >= 0.3 is 5.97 Å². The van der Waals surface area contributed by atoms with Gasteiger partial charge in [-0.25, -0.2) is 9.78 Å². The van der Waals surface area contributed by atoms with Crippen LogP contribution in [-0.4, -0.2) is 33.4 Å². The van der Waals surface area contributed by atoms with E-state index in [-0.39, 0.29) is 11.5 Å². The topological polar surface area (TPSA) is 97.3 Å². The number of thioether (sulfide) groups is 1. The number of carboxylic acid groups (broad SMARTS) is 1. The second-order valence-corrected chi connectivity index (χ2v) is 7.33. The van der Waals surface area contributed by atoms with Gasteiger partial charge in [-0.15, -0.1) is 5.10 Å². The molecule has 0 spiro atoms.